The molecule has 1 rings (SSSR count). The summed E-state index contributed by atoms with van der Waals surface area (Å²) in [6.45, 7) is 5.36. The predicted octanol–water partition coefficient (Wildman–Crippen LogP) is 1.39. The summed E-state index contributed by atoms with van der Waals surface area (Å²) in [5.74, 6) is -1.05. The summed E-state index contributed by atoms with van der Waals surface area (Å²) in [6, 6.07) is 0. The van der Waals surface area contributed by atoms with Gasteiger partial charge in [0, 0.05) is 5.41 Å². The predicted molar refractivity (Wildman–Crippen MR) is 57.5 cm³/mol. The third kappa shape index (κ3) is 2.53. The van der Waals surface area contributed by atoms with Crippen LogP contribution >= 0.6 is 0 Å². The summed E-state index contributed by atoms with van der Waals surface area (Å²) < 4.78 is 13.9. The number of aromatic nitrogens is 2. The molecule has 0 amide bonds. The van der Waals surface area contributed by atoms with Crippen LogP contribution in [0.2, 0.25) is 0 Å². The molecule has 0 aliphatic rings. The zero-order chi connectivity index (χ0) is 12.3. The van der Waals surface area contributed by atoms with Gasteiger partial charge in [-0.15, -0.1) is 0 Å². The first-order chi connectivity index (χ1) is 7.38. The van der Waals surface area contributed by atoms with E-state index in [4.69, 9.17) is 0 Å². The molecule has 0 radical (unpaired) electrons. The summed E-state index contributed by atoms with van der Waals surface area (Å²) in [6.07, 6.45) is 2.69. The fourth-order valence-corrected chi connectivity index (χ4v) is 1.10. The highest BCUT2D eigenvalue weighted by molar-refractivity contribution is 5.83. The van der Waals surface area contributed by atoms with Crippen LogP contribution in [0.5, 0.6) is 0 Å². The highest BCUT2D eigenvalue weighted by atomic mass is 19.1. The van der Waals surface area contributed by atoms with E-state index in [1.165, 1.54) is 6.33 Å². The van der Waals surface area contributed by atoms with Gasteiger partial charge in [0.2, 0.25) is 5.82 Å². The van der Waals surface area contributed by atoms with Crippen molar-refractivity contribution in [3.63, 3.8) is 0 Å². The molecule has 1 aromatic rings. The lowest BCUT2D eigenvalue weighted by molar-refractivity contribution is -0.127. The van der Waals surface area contributed by atoms with E-state index >= 15 is 0 Å². The quantitative estimate of drug-likeness (QED) is 0.779. The Kier molecular flexibility index (Phi) is 3.57. The summed E-state index contributed by atoms with van der Waals surface area (Å²) >= 11 is 0. The van der Waals surface area contributed by atoms with Crippen molar-refractivity contribution in [2.75, 3.05) is 0 Å². The fraction of sp³-hybridized carbons (Fsp3) is 0.545. The first-order valence-electron chi connectivity index (χ1n) is 5.11. The molecule has 5 heteroatoms. The number of hydrogen-bond donors (Lipinski definition) is 0. The monoisotopic (exact) mass is 226 g/mol. The van der Waals surface area contributed by atoms with Crippen LogP contribution < -0.4 is 5.56 Å². The molecule has 0 bridgehead atoms. The lowest BCUT2D eigenvalue weighted by Gasteiger charge is -2.20. The topological polar surface area (TPSA) is 52.0 Å². The lowest BCUT2D eigenvalue weighted by atomic mass is 9.85. The molecule has 0 saturated heterocycles. The van der Waals surface area contributed by atoms with Crippen LogP contribution in [0.15, 0.2) is 17.3 Å². The van der Waals surface area contributed by atoms with Crippen LogP contribution in [0, 0.1) is 11.2 Å². The van der Waals surface area contributed by atoms with Crippen molar-refractivity contribution in [3.8, 4) is 0 Å². The van der Waals surface area contributed by atoms with Crippen molar-refractivity contribution in [1.82, 2.24) is 9.55 Å². The molecule has 0 aliphatic carbocycles. The molecule has 0 saturated carbocycles. The van der Waals surface area contributed by atoms with E-state index in [9.17, 15) is 14.0 Å². The Morgan fingerprint density at radius 3 is 2.75 bits per heavy atom. The second kappa shape index (κ2) is 4.55. The van der Waals surface area contributed by atoms with Gasteiger partial charge in [0.1, 0.15) is 0 Å². The normalized spacial score (nSPS) is 11.5. The molecule has 88 valence electrons. The van der Waals surface area contributed by atoms with Gasteiger partial charge in [0.05, 0.1) is 19.1 Å². The van der Waals surface area contributed by atoms with Crippen molar-refractivity contribution in [2.24, 2.45) is 5.41 Å². The summed E-state index contributed by atoms with van der Waals surface area (Å²) in [5.41, 5.74) is -1.32. The molecule has 0 fully saturated rings. The second-order valence-electron chi connectivity index (χ2n) is 4.34. The van der Waals surface area contributed by atoms with Crippen LogP contribution in [0.25, 0.3) is 0 Å². The first kappa shape index (κ1) is 12.5. The Balaban J connectivity index is 2.94. The molecule has 0 aromatic carbocycles. The Morgan fingerprint density at radius 2 is 2.19 bits per heavy atom. The Bertz CT molecular complexity index is 452. The SMILES string of the molecule is CCC(C)(C)C(=O)Cn1cncc(F)c1=O. The number of ketones is 1. The van der Waals surface area contributed by atoms with Gasteiger partial charge in [-0.25, -0.2) is 4.98 Å². The maximum absolute atomic E-state index is 12.9. The van der Waals surface area contributed by atoms with Crippen LogP contribution in [-0.2, 0) is 11.3 Å². The van der Waals surface area contributed by atoms with Crippen LogP contribution in [0.1, 0.15) is 27.2 Å². The largest absolute Gasteiger partial charge is 0.297 e. The van der Waals surface area contributed by atoms with Gasteiger partial charge in [0.25, 0.3) is 5.56 Å². The van der Waals surface area contributed by atoms with Gasteiger partial charge < -0.3 is 0 Å². The number of nitrogens with zero attached hydrogens (tertiary/aromatic N) is 2. The number of Topliss-reactive ketones (excluding diaryl/α,β-unsaturated/α-hetero) is 1. The molecule has 0 spiro atoms. The molecular weight excluding hydrogens is 211 g/mol. The van der Waals surface area contributed by atoms with Crippen molar-refractivity contribution in [2.45, 2.75) is 33.7 Å². The van der Waals surface area contributed by atoms with Gasteiger partial charge in [-0.05, 0) is 6.42 Å². The van der Waals surface area contributed by atoms with E-state index in [1.807, 2.05) is 6.92 Å². The van der Waals surface area contributed by atoms with Crippen molar-refractivity contribution in [1.29, 1.82) is 0 Å². The van der Waals surface area contributed by atoms with E-state index in [0.29, 0.717) is 6.42 Å². The molecule has 0 N–H and O–H groups in total. The summed E-state index contributed by atoms with van der Waals surface area (Å²) in [4.78, 5) is 26.7. The minimum Gasteiger partial charge on any atom is -0.297 e. The van der Waals surface area contributed by atoms with E-state index in [2.05, 4.69) is 4.98 Å². The Labute approximate surface area is 93.1 Å². The third-order valence-electron chi connectivity index (χ3n) is 2.81. The van der Waals surface area contributed by atoms with Crippen molar-refractivity contribution in [3.05, 3.63) is 28.7 Å². The lowest BCUT2D eigenvalue weighted by Crippen LogP contribution is -2.33. The minimum absolute atomic E-state index is 0.107. The van der Waals surface area contributed by atoms with Gasteiger partial charge >= 0.3 is 0 Å². The number of rotatable bonds is 4. The van der Waals surface area contributed by atoms with Gasteiger partial charge in [-0.3, -0.25) is 14.2 Å². The molecule has 16 heavy (non-hydrogen) atoms. The van der Waals surface area contributed by atoms with E-state index in [0.717, 1.165) is 10.8 Å². The zero-order valence-electron chi connectivity index (χ0n) is 9.66. The Morgan fingerprint density at radius 1 is 1.56 bits per heavy atom. The van der Waals surface area contributed by atoms with Gasteiger partial charge in [-0.1, -0.05) is 20.8 Å². The second-order valence-corrected chi connectivity index (χ2v) is 4.34. The number of carbonyl (C=O) groups is 1. The summed E-state index contributed by atoms with van der Waals surface area (Å²) in [7, 11) is 0. The molecule has 1 heterocycles. The highest BCUT2D eigenvalue weighted by Gasteiger charge is 2.25. The third-order valence-corrected chi connectivity index (χ3v) is 2.81. The van der Waals surface area contributed by atoms with Crippen molar-refractivity contribution < 1.29 is 9.18 Å². The maximum atomic E-state index is 12.9. The summed E-state index contributed by atoms with van der Waals surface area (Å²) in [5, 5.41) is 0. The van der Waals surface area contributed by atoms with Crippen LogP contribution in [0.3, 0.4) is 0 Å². The molecule has 1 aromatic heterocycles. The minimum atomic E-state index is -0.940. The highest BCUT2D eigenvalue weighted by Crippen LogP contribution is 2.21. The number of hydrogen-bond acceptors (Lipinski definition) is 3. The molecule has 0 atom stereocenters. The van der Waals surface area contributed by atoms with E-state index < -0.39 is 16.8 Å². The standard InChI is InChI=1S/C11H15FN2O2/c1-4-11(2,3)9(15)6-14-7-13-5-8(12)10(14)16/h5,7H,4,6H2,1-3H3. The Hall–Kier alpha value is -1.52. The molecular formula is C11H15FN2O2. The number of carbonyl (C=O) groups excluding carboxylic acids is 1. The van der Waals surface area contributed by atoms with E-state index in [-0.39, 0.29) is 12.3 Å². The van der Waals surface area contributed by atoms with E-state index in [1.54, 1.807) is 13.8 Å². The number of halogens is 1. The maximum Gasteiger partial charge on any atom is 0.289 e. The van der Waals surface area contributed by atoms with Crippen LogP contribution in [0.4, 0.5) is 4.39 Å². The molecule has 0 unspecified atom stereocenters. The fourth-order valence-electron chi connectivity index (χ4n) is 1.10. The molecule has 4 nitrogen and oxygen atoms in total. The first-order valence-corrected chi connectivity index (χ1v) is 5.11. The smallest absolute Gasteiger partial charge is 0.289 e. The van der Waals surface area contributed by atoms with Gasteiger partial charge in [0.15, 0.2) is 5.78 Å². The zero-order valence-corrected chi connectivity index (χ0v) is 9.66. The average molecular weight is 226 g/mol. The average Bonchev–Trinajstić information content (AvgIpc) is 2.24. The van der Waals surface area contributed by atoms with Gasteiger partial charge in [-0.2, -0.15) is 4.39 Å². The van der Waals surface area contributed by atoms with Crippen molar-refractivity contribution >= 4 is 5.78 Å². The molecule has 0 aliphatic heterocycles. The van der Waals surface area contributed by atoms with Crippen LogP contribution in [-0.4, -0.2) is 15.3 Å².